The van der Waals surface area contributed by atoms with E-state index in [0.717, 1.165) is 22.4 Å². The number of aliphatic hydroxyl groups excluding tert-OH is 1. The predicted molar refractivity (Wildman–Crippen MR) is 82.6 cm³/mol. The van der Waals surface area contributed by atoms with Crippen molar-refractivity contribution < 1.29 is 5.11 Å². The summed E-state index contributed by atoms with van der Waals surface area (Å²) in [7, 11) is 0. The van der Waals surface area contributed by atoms with Gasteiger partial charge in [-0.3, -0.25) is 4.98 Å². The summed E-state index contributed by atoms with van der Waals surface area (Å²) in [4.78, 5) is 6.24. The predicted octanol–water partition coefficient (Wildman–Crippen LogP) is 2.80. The zero-order chi connectivity index (χ0) is 15.1. The van der Waals surface area contributed by atoms with Gasteiger partial charge >= 0.3 is 0 Å². The Bertz CT molecular complexity index is 620. The number of aliphatic hydroxyl groups is 1. The molecule has 1 heterocycles. The fourth-order valence-corrected chi connectivity index (χ4v) is 2.33. The van der Waals surface area contributed by atoms with E-state index in [2.05, 4.69) is 16.0 Å². The zero-order valence-corrected chi connectivity index (χ0v) is 12.2. The summed E-state index contributed by atoms with van der Waals surface area (Å²) in [5, 5.41) is 18.4. The van der Waals surface area contributed by atoms with Gasteiger partial charge in [0.05, 0.1) is 19.1 Å². The maximum Gasteiger partial charge on any atom is 0.0702 e. The molecule has 0 saturated heterocycles. The number of aromatic nitrogens is 1. The SMILES string of the molecule is Cc1ccc(N(CCC#N)Cc2cccnc2)c(CO)c1. The highest BCUT2D eigenvalue weighted by molar-refractivity contribution is 5.55. The molecule has 0 atom stereocenters. The summed E-state index contributed by atoms with van der Waals surface area (Å²) in [6, 6.07) is 12.1. The molecule has 4 nitrogen and oxygen atoms in total. The number of benzene rings is 1. The topological polar surface area (TPSA) is 60.2 Å². The molecule has 2 aromatic rings. The monoisotopic (exact) mass is 281 g/mol. The Morgan fingerprint density at radius 2 is 2.19 bits per heavy atom. The van der Waals surface area contributed by atoms with Crippen LogP contribution in [0.4, 0.5) is 5.69 Å². The van der Waals surface area contributed by atoms with Gasteiger partial charge in [0.25, 0.3) is 0 Å². The van der Waals surface area contributed by atoms with Crippen molar-refractivity contribution in [2.45, 2.75) is 26.5 Å². The van der Waals surface area contributed by atoms with E-state index >= 15 is 0 Å². The van der Waals surface area contributed by atoms with Crippen LogP contribution in [0.2, 0.25) is 0 Å². The molecule has 0 aliphatic heterocycles. The second-order valence-electron chi connectivity index (χ2n) is 4.98. The van der Waals surface area contributed by atoms with Crippen LogP contribution in [0.3, 0.4) is 0 Å². The van der Waals surface area contributed by atoms with Crippen LogP contribution in [0.1, 0.15) is 23.1 Å². The lowest BCUT2D eigenvalue weighted by Gasteiger charge is -2.26. The minimum atomic E-state index is -0.00684. The molecule has 0 bridgehead atoms. The van der Waals surface area contributed by atoms with Gasteiger partial charge in [-0.15, -0.1) is 0 Å². The summed E-state index contributed by atoms with van der Waals surface area (Å²) >= 11 is 0. The number of nitriles is 1. The summed E-state index contributed by atoms with van der Waals surface area (Å²) in [6.07, 6.45) is 4.01. The highest BCUT2D eigenvalue weighted by atomic mass is 16.3. The molecule has 108 valence electrons. The Morgan fingerprint density at radius 3 is 2.86 bits per heavy atom. The lowest BCUT2D eigenvalue weighted by Crippen LogP contribution is -2.25. The van der Waals surface area contributed by atoms with E-state index in [0.29, 0.717) is 19.5 Å². The van der Waals surface area contributed by atoms with Crippen molar-refractivity contribution in [1.29, 1.82) is 5.26 Å². The van der Waals surface area contributed by atoms with Crippen LogP contribution in [0.25, 0.3) is 0 Å². The van der Waals surface area contributed by atoms with Crippen LogP contribution in [0, 0.1) is 18.3 Å². The van der Waals surface area contributed by atoms with Gasteiger partial charge in [-0.05, 0) is 24.6 Å². The van der Waals surface area contributed by atoms with Crippen molar-refractivity contribution in [2.24, 2.45) is 0 Å². The number of hydrogen-bond acceptors (Lipinski definition) is 4. The standard InChI is InChI=1S/C17H19N3O/c1-14-5-6-17(16(10-14)13-21)20(9-3-7-18)12-15-4-2-8-19-11-15/h2,4-6,8,10-11,21H,3,9,12-13H2,1H3. The molecule has 0 unspecified atom stereocenters. The first-order valence-corrected chi connectivity index (χ1v) is 6.96. The zero-order valence-electron chi connectivity index (χ0n) is 12.2. The van der Waals surface area contributed by atoms with E-state index in [1.165, 1.54) is 0 Å². The Kier molecular flexibility index (Phi) is 5.30. The molecular weight excluding hydrogens is 262 g/mol. The number of hydrogen-bond donors (Lipinski definition) is 1. The van der Waals surface area contributed by atoms with Gasteiger partial charge in [-0.25, -0.2) is 0 Å². The molecule has 2 rings (SSSR count). The molecule has 0 amide bonds. The van der Waals surface area contributed by atoms with Crippen molar-refractivity contribution in [2.75, 3.05) is 11.4 Å². The number of nitrogens with zero attached hydrogens (tertiary/aromatic N) is 3. The van der Waals surface area contributed by atoms with E-state index in [1.54, 1.807) is 6.20 Å². The third-order valence-corrected chi connectivity index (χ3v) is 3.34. The van der Waals surface area contributed by atoms with Crippen LogP contribution in [0.15, 0.2) is 42.7 Å². The summed E-state index contributed by atoms with van der Waals surface area (Å²) in [5.41, 5.74) is 4.06. The summed E-state index contributed by atoms with van der Waals surface area (Å²) < 4.78 is 0. The van der Waals surface area contributed by atoms with Crippen LogP contribution in [-0.2, 0) is 13.2 Å². The first kappa shape index (κ1) is 15.0. The van der Waals surface area contributed by atoms with Gasteiger partial charge in [-0.2, -0.15) is 5.26 Å². The van der Waals surface area contributed by atoms with Crippen LogP contribution in [-0.4, -0.2) is 16.6 Å². The van der Waals surface area contributed by atoms with E-state index < -0.39 is 0 Å². The molecule has 21 heavy (non-hydrogen) atoms. The molecule has 0 saturated carbocycles. The second kappa shape index (κ2) is 7.41. The van der Waals surface area contributed by atoms with Gasteiger partial charge in [0, 0.05) is 36.7 Å². The Morgan fingerprint density at radius 1 is 1.33 bits per heavy atom. The Hall–Kier alpha value is -2.38. The number of anilines is 1. The first-order valence-electron chi connectivity index (χ1n) is 6.96. The highest BCUT2D eigenvalue weighted by Crippen LogP contribution is 2.24. The van der Waals surface area contributed by atoms with Gasteiger partial charge in [0.1, 0.15) is 0 Å². The van der Waals surface area contributed by atoms with E-state index in [4.69, 9.17) is 5.26 Å². The summed E-state index contributed by atoms with van der Waals surface area (Å²) in [6.45, 7) is 3.30. The first-order chi connectivity index (χ1) is 10.2. The van der Waals surface area contributed by atoms with Crippen LogP contribution in [0.5, 0.6) is 0 Å². The van der Waals surface area contributed by atoms with E-state index in [-0.39, 0.29) is 6.61 Å². The maximum atomic E-state index is 9.58. The van der Waals surface area contributed by atoms with Gasteiger partial charge in [-0.1, -0.05) is 23.8 Å². The lowest BCUT2D eigenvalue weighted by atomic mass is 10.1. The van der Waals surface area contributed by atoms with E-state index in [9.17, 15) is 5.11 Å². The Labute approximate surface area is 125 Å². The normalized spacial score (nSPS) is 10.1. The highest BCUT2D eigenvalue weighted by Gasteiger charge is 2.12. The maximum absolute atomic E-state index is 9.58. The van der Waals surface area contributed by atoms with Crippen LogP contribution >= 0.6 is 0 Å². The Balaban J connectivity index is 2.29. The average Bonchev–Trinajstić information content (AvgIpc) is 2.52. The minimum Gasteiger partial charge on any atom is -0.392 e. The van der Waals surface area contributed by atoms with Crippen molar-refractivity contribution >= 4 is 5.69 Å². The van der Waals surface area contributed by atoms with Crippen molar-refractivity contribution in [3.8, 4) is 6.07 Å². The molecule has 1 aromatic heterocycles. The second-order valence-corrected chi connectivity index (χ2v) is 4.98. The fraction of sp³-hybridized carbons (Fsp3) is 0.294. The molecule has 0 aliphatic rings. The summed E-state index contributed by atoms with van der Waals surface area (Å²) in [5.74, 6) is 0. The largest absolute Gasteiger partial charge is 0.392 e. The smallest absolute Gasteiger partial charge is 0.0702 e. The molecule has 0 radical (unpaired) electrons. The third-order valence-electron chi connectivity index (χ3n) is 3.34. The quantitative estimate of drug-likeness (QED) is 0.884. The molecular formula is C17H19N3O. The molecule has 4 heteroatoms. The van der Waals surface area contributed by atoms with Gasteiger partial charge < -0.3 is 10.0 Å². The molecule has 1 aromatic carbocycles. The number of pyridine rings is 1. The van der Waals surface area contributed by atoms with Gasteiger partial charge in [0.15, 0.2) is 0 Å². The minimum absolute atomic E-state index is 0.00684. The number of aryl methyl sites for hydroxylation is 1. The van der Waals surface area contributed by atoms with Crippen LogP contribution < -0.4 is 4.90 Å². The average molecular weight is 281 g/mol. The third kappa shape index (κ3) is 4.04. The fourth-order valence-electron chi connectivity index (χ4n) is 2.33. The van der Waals surface area contributed by atoms with Crippen molar-refractivity contribution in [1.82, 2.24) is 4.98 Å². The van der Waals surface area contributed by atoms with Crippen molar-refractivity contribution in [3.63, 3.8) is 0 Å². The lowest BCUT2D eigenvalue weighted by molar-refractivity contribution is 0.282. The van der Waals surface area contributed by atoms with Gasteiger partial charge in [0.2, 0.25) is 0 Å². The molecule has 0 aliphatic carbocycles. The van der Waals surface area contributed by atoms with Crippen molar-refractivity contribution in [3.05, 3.63) is 59.4 Å². The molecule has 1 N–H and O–H groups in total. The number of rotatable bonds is 6. The molecule has 0 fully saturated rings. The molecule has 0 spiro atoms. The van der Waals surface area contributed by atoms with E-state index in [1.807, 2.05) is 43.5 Å².